The van der Waals surface area contributed by atoms with E-state index in [-0.39, 0.29) is 59.9 Å². The van der Waals surface area contributed by atoms with E-state index < -0.39 is 11.9 Å². The lowest BCUT2D eigenvalue weighted by atomic mass is 9.92. The Morgan fingerprint density at radius 3 is 2.41 bits per heavy atom. The van der Waals surface area contributed by atoms with Crippen LogP contribution in [0.2, 0.25) is 0 Å². The van der Waals surface area contributed by atoms with E-state index in [0.29, 0.717) is 23.5 Å². The summed E-state index contributed by atoms with van der Waals surface area (Å²) in [5, 5.41) is 8.22. The summed E-state index contributed by atoms with van der Waals surface area (Å²) in [5.41, 5.74) is 2.66. The molecule has 2 aliphatic heterocycles. The predicted octanol–water partition coefficient (Wildman–Crippen LogP) is 3.91. The number of aromatic nitrogens is 3. The fourth-order valence-electron chi connectivity index (χ4n) is 4.93. The molecule has 0 saturated carbocycles. The van der Waals surface area contributed by atoms with Crippen molar-refractivity contribution in [1.29, 1.82) is 0 Å². The Bertz CT molecular complexity index is 1380. The first-order chi connectivity index (χ1) is 17.9. The number of esters is 2. The highest BCUT2D eigenvalue weighted by molar-refractivity contribution is 6.10. The first kappa shape index (κ1) is 24.5. The molecule has 9 nitrogen and oxygen atoms in total. The second kappa shape index (κ2) is 10.0. The number of amides is 1. The molecule has 1 aromatic carbocycles. The monoisotopic (exact) mass is 504 g/mol. The molecule has 0 N–H and O–H groups in total. The van der Waals surface area contributed by atoms with Gasteiger partial charge < -0.3 is 14.4 Å². The molecule has 190 valence electrons. The summed E-state index contributed by atoms with van der Waals surface area (Å²) >= 11 is 0. The molecule has 2 aliphatic rings. The molecule has 0 radical (unpaired) electrons. The number of benzene rings is 1. The first-order valence-corrected chi connectivity index (χ1v) is 12.2. The molecular formula is C27H25FN4O5. The second-order valence-corrected chi connectivity index (χ2v) is 8.77. The van der Waals surface area contributed by atoms with E-state index in [0.717, 1.165) is 18.4 Å². The maximum Gasteiger partial charge on any atom is 0.358 e. The predicted molar refractivity (Wildman–Crippen MR) is 129 cm³/mol. The molecule has 1 amide bonds. The fourth-order valence-corrected chi connectivity index (χ4v) is 4.93. The van der Waals surface area contributed by atoms with Gasteiger partial charge in [0, 0.05) is 18.5 Å². The van der Waals surface area contributed by atoms with Crippen LogP contribution in [0.5, 0.6) is 0 Å². The lowest BCUT2D eigenvalue weighted by Gasteiger charge is -2.17. The fraction of sp³-hybridized carbons (Fsp3) is 0.333. The van der Waals surface area contributed by atoms with E-state index in [2.05, 4.69) is 10.2 Å². The van der Waals surface area contributed by atoms with Crippen LogP contribution in [0, 0.1) is 5.82 Å². The number of nitrogens with zero attached hydrogens (tertiary/aromatic N) is 4. The van der Waals surface area contributed by atoms with Crippen LogP contribution in [0.25, 0.3) is 11.3 Å². The molecule has 0 aliphatic carbocycles. The van der Waals surface area contributed by atoms with Gasteiger partial charge in [-0.05, 0) is 56.5 Å². The van der Waals surface area contributed by atoms with E-state index in [9.17, 15) is 18.8 Å². The molecule has 37 heavy (non-hydrogen) atoms. The van der Waals surface area contributed by atoms with Gasteiger partial charge in [-0.25, -0.2) is 14.0 Å². The van der Waals surface area contributed by atoms with Gasteiger partial charge in [-0.3, -0.25) is 9.78 Å². The van der Waals surface area contributed by atoms with Crippen LogP contribution in [0.15, 0.2) is 36.4 Å². The third kappa shape index (κ3) is 4.43. The number of fused-ring (bicyclic) bond motifs is 3. The standard InChI is InChI=1S/C27H25FN4O5/c1-3-36-26(34)18-12-11-17(30-31-18)21-22(27(35)37-4-2)19(14-15-7-9-16(28)10-8-15)29-24-20-6-5-13-32(20)25(33)23(21)24/h7-12,20H,3-6,13-14H2,1-2H3. The van der Waals surface area contributed by atoms with Crippen molar-refractivity contribution in [2.45, 2.75) is 39.2 Å². The number of ether oxygens (including phenoxy) is 2. The SMILES string of the molecule is CCOC(=O)c1ccc(-c2c(C(=O)OCC)c(Cc3ccc(F)cc3)nc3c2C(=O)N2CCCC32)nn1. The summed E-state index contributed by atoms with van der Waals surface area (Å²) in [6.07, 6.45) is 1.82. The zero-order chi connectivity index (χ0) is 26.1. The molecule has 2 aromatic heterocycles. The van der Waals surface area contributed by atoms with Crippen molar-refractivity contribution in [3.05, 3.63) is 76.0 Å². The van der Waals surface area contributed by atoms with Crippen molar-refractivity contribution in [3.63, 3.8) is 0 Å². The number of pyridine rings is 1. The minimum atomic E-state index is -0.652. The normalized spacial score (nSPS) is 15.9. The average molecular weight is 505 g/mol. The van der Waals surface area contributed by atoms with Crippen molar-refractivity contribution in [2.24, 2.45) is 0 Å². The molecule has 1 saturated heterocycles. The van der Waals surface area contributed by atoms with Crippen LogP contribution in [0.1, 0.15) is 80.9 Å². The van der Waals surface area contributed by atoms with Crippen molar-refractivity contribution in [2.75, 3.05) is 19.8 Å². The Kier molecular flexibility index (Phi) is 6.64. The Hall–Kier alpha value is -4.21. The quantitative estimate of drug-likeness (QED) is 0.445. The Morgan fingerprint density at radius 1 is 1.00 bits per heavy atom. The number of hydrogen-bond acceptors (Lipinski definition) is 8. The van der Waals surface area contributed by atoms with Gasteiger partial charge in [0.1, 0.15) is 5.82 Å². The Labute approximate surface area is 212 Å². The molecule has 0 bridgehead atoms. The Morgan fingerprint density at radius 2 is 1.73 bits per heavy atom. The third-order valence-electron chi connectivity index (χ3n) is 6.51. The highest BCUT2D eigenvalue weighted by Crippen LogP contribution is 2.45. The number of carbonyl (C=O) groups is 3. The topological polar surface area (TPSA) is 112 Å². The second-order valence-electron chi connectivity index (χ2n) is 8.77. The molecule has 1 unspecified atom stereocenters. The van der Waals surface area contributed by atoms with Crippen molar-refractivity contribution >= 4 is 17.8 Å². The molecule has 4 heterocycles. The summed E-state index contributed by atoms with van der Waals surface area (Å²) in [7, 11) is 0. The van der Waals surface area contributed by atoms with Gasteiger partial charge in [0.15, 0.2) is 5.69 Å². The molecular weight excluding hydrogens is 479 g/mol. The summed E-state index contributed by atoms with van der Waals surface area (Å²) in [4.78, 5) is 45.6. The van der Waals surface area contributed by atoms with Crippen molar-refractivity contribution < 1.29 is 28.2 Å². The zero-order valence-corrected chi connectivity index (χ0v) is 20.5. The third-order valence-corrected chi connectivity index (χ3v) is 6.51. The summed E-state index contributed by atoms with van der Waals surface area (Å²) < 4.78 is 23.9. The Balaban J connectivity index is 1.73. The molecule has 1 atom stereocenters. The van der Waals surface area contributed by atoms with E-state index in [1.807, 2.05) is 0 Å². The van der Waals surface area contributed by atoms with E-state index in [4.69, 9.17) is 14.5 Å². The zero-order valence-electron chi connectivity index (χ0n) is 20.5. The number of hydrogen-bond donors (Lipinski definition) is 0. The molecule has 0 spiro atoms. The minimum absolute atomic E-state index is 0.00691. The van der Waals surface area contributed by atoms with E-state index in [1.54, 1.807) is 30.9 Å². The lowest BCUT2D eigenvalue weighted by molar-refractivity contribution is 0.0510. The maximum absolute atomic E-state index is 13.5. The van der Waals surface area contributed by atoms with Crippen molar-refractivity contribution in [3.8, 4) is 11.3 Å². The molecule has 1 fully saturated rings. The first-order valence-electron chi connectivity index (χ1n) is 12.2. The maximum atomic E-state index is 13.5. The van der Waals surface area contributed by atoms with Crippen LogP contribution in [0.4, 0.5) is 4.39 Å². The summed E-state index contributed by atoms with van der Waals surface area (Å²) in [5.74, 6) is -1.88. The lowest BCUT2D eigenvalue weighted by Crippen LogP contribution is -2.23. The van der Waals surface area contributed by atoms with Gasteiger partial charge in [0.2, 0.25) is 0 Å². The van der Waals surface area contributed by atoms with Gasteiger partial charge in [-0.2, -0.15) is 0 Å². The minimum Gasteiger partial charge on any atom is -0.462 e. The molecule has 3 aromatic rings. The number of halogens is 1. The van der Waals surface area contributed by atoms with Gasteiger partial charge in [0.05, 0.1) is 47.5 Å². The van der Waals surface area contributed by atoms with Crippen LogP contribution < -0.4 is 0 Å². The highest BCUT2D eigenvalue weighted by Gasteiger charge is 2.45. The van der Waals surface area contributed by atoms with Crippen LogP contribution in [-0.4, -0.2) is 57.7 Å². The highest BCUT2D eigenvalue weighted by atomic mass is 19.1. The number of rotatable bonds is 7. The van der Waals surface area contributed by atoms with Crippen LogP contribution in [0.3, 0.4) is 0 Å². The van der Waals surface area contributed by atoms with Gasteiger partial charge in [-0.15, -0.1) is 10.2 Å². The van der Waals surface area contributed by atoms with Gasteiger partial charge in [-0.1, -0.05) is 12.1 Å². The molecule has 5 rings (SSSR count). The van der Waals surface area contributed by atoms with E-state index in [1.165, 1.54) is 24.3 Å². The summed E-state index contributed by atoms with van der Waals surface area (Å²) in [6.45, 7) is 4.27. The van der Waals surface area contributed by atoms with Crippen LogP contribution >= 0.6 is 0 Å². The van der Waals surface area contributed by atoms with Gasteiger partial charge >= 0.3 is 11.9 Å². The smallest absolute Gasteiger partial charge is 0.358 e. The largest absolute Gasteiger partial charge is 0.462 e. The van der Waals surface area contributed by atoms with Gasteiger partial charge in [0.25, 0.3) is 5.91 Å². The molecule has 10 heteroatoms. The average Bonchev–Trinajstić information content (AvgIpc) is 3.48. The van der Waals surface area contributed by atoms with Crippen molar-refractivity contribution in [1.82, 2.24) is 20.1 Å². The van der Waals surface area contributed by atoms with Crippen LogP contribution in [-0.2, 0) is 15.9 Å². The number of carbonyl (C=O) groups excluding carboxylic acids is 3. The van der Waals surface area contributed by atoms with E-state index >= 15 is 0 Å². The summed E-state index contributed by atoms with van der Waals surface area (Å²) in [6, 6.07) is 8.72.